The van der Waals surface area contributed by atoms with E-state index in [9.17, 15) is 0 Å². The Bertz CT molecular complexity index is 111. The minimum atomic E-state index is 1.19. The standard InChI is InChI=1S/C4H4IN/c5-4-2-1-3-6-4/h1-3,6H. The molecule has 1 rings (SSSR count). The van der Waals surface area contributed by atoms with Gasteiger partial charge in [-0.1, -0.05) is 0 Å². The van der Waals surface area contributed by atoms with Crippen LogP contribution in [0.15, 0.2) is 18.3 Å². The van der Waals surface area contributed by atoms with E-state index in [1.807, 2.05) is 18.3 Å². The molecular weight excluding hydrogens is 189 g/mol. The second-order valence-electron chi connectivity index (χ2n) is 1.02. The molecule has 0 bridgehead atoms. The smallest absolute Gasteiger partial charge is 0.0771 e. The Hall–Kier alpha value is 0.01000. The molecule has 0 atom stereocenters. The third-order valence-corrected chi connectivity index (χ3v) is 1.23. The summed E-state index contributed by atoms with van der Waals surface area (Å²) in [5, 5.41) is 0. The molecule has 1 aromatic heterocycles. The van der Waals surface area contributed by atoms with E-state index in [-0.39, 0.29) is 0 Å². The molecule has 0 fully saturated rings. The van der Waals surface area contributed by atoms with Gasteiger partial charge in [0.1, 0.15) is 0 Å². The maximum Gasteiger partial charge on any atom is 0.0771 e. The summed E-state index contributed by atoms with van der Waals surface area (Å²) in [6.07, 6.45) is 1.90. The maximum atomic E-state index is 2.99. The number of aromatic amines is 1. The van der Waals surface area contributed by atoms with E-state index in [1.165, 1.54) is 3.70 Å². The van der Waals surface area contributed by atoms with Crippen LogP contribution in [0.25, 0.3) is 0 Å². The Morgan fingerprint density at radius 1 is 1.67 bits per heavy atom. The number of H-pyrrole nitrogens is 1. The van der Waals surface area contributed by atoms with Crippen LogP contribution >= 0.6 is 22.6 Å². The van der Waals surface area contributed by atoms with E-state index in [4.69, 9.17) is 0 Å². The van der Waals surface area contributed by atoms with Crippen molar-refractivity contribution >= 4 is 22.6 Å². The van der Waals surface area contributed by atoms with Gasteiger partial charge in [-0.15, -0.1) is 0 Å². The van der Waals surface area contributed by atoms with Gasteiger partial charge in [0.2, 0.25) is 0 Å². The zero-order valence-corrected chi connectivity index (χ0v) is 5.27. The highest BCUT2D eigenvalue weighted by Gasteiger charge is 1.74. The molecule has 0 aromatic carbocycles. The molecule has 1 N–H and O–H groups in total. The van der Waals surface area contributed by atoms with Crippen LogP contribution in [0.4, 0.5) is 0 Å². The molecule has 0 saturated heterocycles. The summed E-state index contributed by atoms with van der Waals surface area (Å²) in [5.41, 5.74) is 0. The fourth-order valence-corrected chi connectivity index (χ4v) is 0.696. The second kappa shape index (κ2) is 1.64. The maximum absolute atomic E-state index is 2.99. The van der Waals surface area contributed by atoms with Crippen molar-refractivity contribution in [3.8, 4) is 0 Å². The van der Waals surface area contributed by atoms with Crippen LogP contribution in [-0.2, 0) is 0 Å². The number of rotatable bonds is 0. The zero-order chi connectivity index (χ0) is 4.41. The van der Waals surface area contributed by atoms with Gasteiger partial charge in [-0.3, -0.25) is 0 Å². The lowest BCUT2D eigenvalue weighted by molar-refractivity contribution is 1.36. The van der Waals surface area contributed by atoms with E-state index in [0.29, 0.717) is 0 Å². The summed E-state index contributed by atoms with van der Waals surface area (Å²) >= 11 is 2.22. The summed E-state index contributed by atoms with van der Waals surface area (Å²) in [5.74, 6) is 0. The van der Waals surface area contributed by atoms with E-state index in [2.05, 4.69) is 27.6 Å². The molecule has 1 aromatic rings. The lowest BCUT2D eigenvalue weighted by atomic mass is 10.7. The highest BCUT2D eigenvalue weighted by molar-refractivity contribution is 14.1. The zero-order valence-electron chi connectivity index (χ0n) is 3.11. The first-order chi connectivity index (χ1) is 2.89. The van der Waals surface area contributed by atoms with Crippen molar-refractivity contribution in [2.75, 3.05) is 0 Å². The number of hydrogen-bond acceptors (Lipinski definition) is 0. The molecular formula is C4H4IN. The number of nitrogens with one attached hydrogen (secondary N) is 1. The van der Waals surface area contributed by atoms with Crippen molar-refractivity contribution < 1.29 is 0 Å². The third-order valence-electron chi connectivity index (χ3n) is 0.560. The summed E-state index contributed by atoms with van der Waals surface area (Å²) in [6, 6.07) is 3.99. The topological polar surface area (TPSA) is 15.8 Å². The Kier molecular flexibility index (Phi) is 1.14. The Morgan fingerprint density at radius 3 is 2.67 bits per heavy atom. The predicted octanol–water partition coefficient (Wildman–Crippen LogP) is 1.62. The molecule has 32 valence electrons. The van der Waals surface area contributed by atoms with Gasteiger partial charge < -0.3 is 4.98 Å². The minimum absolute atomic E-state index is 1.19. The quantitative estimate of drug-likeness (QED) is 0.602. The van der Waals surface area contributed by atoms with Crippen LogP contribution < -0.4 is 0 Å². The van der Waals surface area contributed by atoms with Gasteiger partial charge in [-0.25, -0.2) is 0 Å². The molecule has 0 aliphatic heterocycles. The summed E-state index contributed by atoms with van der Waals surface area (Å²) in [6.45, 7) is 0. The van der Waals surface area contributed by atoms with Crippen LogP contribution in [0.5, 0.6) is 0 Å². The number of aromatic nitrogens is 1. The molecule has 0 amide bonds. The van der Waals surface area contributed by atoms with Crippen LogP contribution in [0.2, 0.25) is 0 Å². The summed E-state index contributed by atoms with van der Waals surface area (Å²) < 4.78 is 1.19. The van der Waals surface area contributed by atoms with E-state index < -0.39 is 0 Å². The monoisotopic (exact) mass is 193 g/mol. The highest BCUT2D eigenvalue weighted by Crippen LogP contribution is 1.95. The fourth-order valence-electron chi connectivity index (χ4n) is 0.308. The first-order valence-electron chi connectivity index (χ1n) is 1.68. The lowest BCUT2D eigenvalue weighted by Crippen LogP contribution is -1.57. The Labute approximate surface area is 49.9 Å². The summed E-state index contributed by atoms with van der Waals surface area (Å²) in [4.78, 5) is 2.99. The van der Waals surface area contributed by atoms with Crippen molar-refractivity contribution in [3.63, 3.8) is 0 Å². The van der Waals surface area contributed by atoms with Crippen molar-refractivity contribution in [2.24, 2.45) is 0 Å². The van der Waals surface area contributed by atoms with Gasteiger partial charge in [0, 0.05) is 6.20 Å². The predicted molar refractivity (Wildman–Crippen MR) is 33.5 cm³/mol. The van der Waals surface area contributed by atoms with Gasteiger partial charge in [0.15, 0.2) is 0 Å². The first-order valence-corrected chi connectivity index (χ1v) is 2.76. The fraction of sp³-hybridized carbons (Fsp3) is 0. The second-order valence-corrected chi connectivity index (χ2v) is 2.18. The average molecular weight is 193 g/mol. The molecule has 2 heteroatoms. The lowest BCUT2D eigenvalue weighted by Gasteiger charge is -1.67. The van der Waals surface area contributed by atoms with Crippen molar-refractivity contribution in [3.05, 3.63) is 22.0 Å². The van der Waals surface area contributed by atoms with E-state index >= 15 is 0 Å². The first kappa shape index (κ1) is 4.18. The van der Waals surface area contributed by atoms with Gasteiger partial charge in [-0.05, 0) is 34.7 Å². The number of hydrogen-bond donors (Lipinski definition) is 1. The van der Waals surface area contributed by atoms with Crippen molar-refractivity contribution in [2.45, 2.75) is 0 Å². The third kappa shape index (κ3) is 0.739. The Morgan fingerprint density at radius 2 is 2.50 bits per heavy atom. The van der Waals surface area contributed by atoms with E-state index in [1.54, 1.807) is 0 Å². The minimum Gasteiger partial charge on any atom is -0.357 e. The largest absolute Gasteiger partial charge is 0.357 e. The van der Waals surface area contributed by atoms with Crippen LogP contribution in [-0.4, -0.2) is 4.98 Å². The van der Waals surface area contributed by atoms with E-state index in [0.717, 1.165) is 0 Å². The van der Waals surface area contributed by atoms with Gasteiger partial charge in [0.25, 0.3) is 0 Å². The molecule has 0 saturated carbocycles. The molecule has 0 unspecified atom stereocenters. The molecule has 0 spiro atoms. The van der Waals surface area contributed by atoms with Gasteiger partial charge in [0.05, 0.1) is 3.70 Å². The van der Waals surface area contributed by atoms with Crippen LogP contribution in [0.1, 0.15) is 0 Å². The van der Waals surface area contributed by atoms with Crippen LogP contribution in [0, 0.1) is 3.70 Å². The van der Waals surface area contributed by atoms with Crippen molar-refractivity contribution in [1.82, 2.24) is 4.98 Å². The molecule has 0 radical (unpaired) electrons. The molecule has 0 aliphatic carbocycles. The number of halogens is 1. The normalized spacial score (nSPS) is 8.83. The molecule has 1 nitrogen and oxygen atoms in total. The van der Waals surface area contributed by atoms with Gasteiger partial charge in [-0.2, -0.15) is 0 Å². The SMILES string of the molecule is Ic1ccc[nH]1. The van der Waals surface area contributed by atoms with Gasteiger partial charge >= 0.3 is 0 Å². The van der Waals surface area contributed by atoms with Crippen LogP contribution in [0.3, 0.4) is 0 Å². The van der Waals surface area contributed by atoms with Crippen molar-refractivity contribution in [1.29, 1.82) is 0 Å². The molecule has 0 aliphatic rings. The highest BCUT2D eigenvalue weighted by atomic mass is 127. The molecule has 6 heavy (non-hydrogen) atoms. The summed E-state index contributed by atoms with van der Waals surface area (Å²) in [7, 11) is 0. The average Bonchev–Trinajstić information content (AvgIpc) is 1.86. The Balaban J connectivity index is 3.05. The molecule has 1 heterocycles.